The van der Waals surface area contributed by atoms with E-state index in [9.17, 15) is 0 Å². The third kappa shape index (κ3) is 15.2. The predicted octanol–water partition coefficient (Wildman–Crippen LogP) is 39.2. The van der Waals surface area contributed by atoms with Crippen LogP contribution in [0.4, 0.5) is 51.2 Å². The van der Waals surface area contributed by atoms with Gasteiger partial charge in [-0.3, -0.25) is 0 Å². The summed E-state index contributed by atoms with van der Waals surface area (Å²) in [5.41, 5.74) is 45.5. The van der Waals surface area contributed by atoms with E-state index in [1.54, 1.807) is 0 Å². The molecular formula is C144H101N3O3. The summed E-state index contributed by atoms with van der Waals surface area (Å²) >= 11 is 0. The van der Waals surface area contributed by atoms with Crippen LogP contribution in [-0.2, 0) is 16.2 Å². The van der Waals surface area contributed by atoms with Crippen LogP contribution in [0, 0.1) is 6.92 Å². The number of anilines is 9. The monoisotopic (exact) mass is 1920 g/mol. The van der Waals surface area contributed by atoms with Gasteiger partial charge in [-0.25, -0.2) is 0 Å². The van der Waals surface area contributed by atoms with Crippen molar-refractivity contribution in [3.05, 3.63) is 619 Å². The largest absolute Gasteiger partial charge is 0.456 e. The maximum Gasteiger partial charge on any atom is 0.159 e. The second kappa shape index (κ2) is 37.2. The van der Waals surface area contributed by atoms with Crippen molar-refractivity contribution in [2.75, 3.05) is 14.7 Å². The van der Waals surface area contributed by atoms with Crippen molar-refractivity contribution in [3.8, 4) is 77.9 Å². The summed E-state index contributed by atoms with van der Waals surface area (Å²) in [7, 11) is 0. The first-order valence-corrected chi connectivity index (χ1v) is 51.7. The molecule has 3 aliphatic carbocycles. The molecule has 3 aromatic heterocycles. The third-order valence-corrected chi connectivity index (χ3v) is 31.6. The first-order valence-electron chi connectivity index (χ1n) is 51.7. The molecule has 150 heavy (non-hydrogen) atoms. The van der Waals surface area contributed by atoms with Crippen LogP contribution in [0.2, 0.25) is 0 Å². The van der Waals surface area contributed by atoms with Gasteiger partial charge in [0.1, 0.15) is 27.9 Å². The molecule has 3 atom stereocenters. The Morgan fingerprint density at radius 2 is 0.453 bits per heavy atom. The van der Waals surface area contributed by atoms with Crippen LogP contribution in [0.1, 0.15) is 75.0 Å². The molecule has 6 heteroatoms. The van der Waals surface area contributed by atoms with Crippen molar-refractivity contribution in [2.45, 2.75) is 37.0 Å². The Labute approximate surface area is 872 Å². The molecule has 0 radical (unpaired) electrons. The predicted molar refractivity (Wildman–Crippen MR) is 624 cm³/mol. The van der Waals surface area contributed by atoms with E-state index in [1.165, 1.54) is 134 Å². The van der Waals surface area contributed by atoms with E-state index in [0.29, 0.717) is 0 Å². The molecule has 0 saturated carbocycles. The summed E-state index contributed by atoms with van der Waals surface area (Å²) in [4.78, 5) is 7.14. The minimum atomic E-state index is -0.509. The van der Waals surface area contributed by atoms with Crippen molar-refractivity contribution in [1.82, 2.24) is 0 Å². The maximum atomic E-state index is 6.69. The molecule has 3 heterocycles. The van der Waals surface area contributed by atoms with Gasteiger partial charge < -0.3 is 28.0 Å². The fourth-order valence-electron chi connectivity index (χ4n) is 24.2. The minimum absolute atomic E-state index is 0.281. The third-order valence-electron chi connectivity index (χ3n) is 31.6. The van der Waals surface area contributed by atoms with Crippen LogP contribution in [-0.4, -0.2) is 0 Å². The standard InChI is InChI=1S/2C50H35NO.C44H31NO/c1-34-23-27-38(28-24-34)50(37-15-6-3-7-16-37)45-20-10-8-17-41(45)42-32-31-40(33-46(42)50)51(39-29-25-36(26-30-39)35-13-4-2-5-14-35)47-21-12-19-44-43-18-9-11-22-48(43)52-49(44)47;1-50(38-14-6-3-7-15-38)46-18-10-8-16-42(46)43-30-29-41(33-47(43)50)51(39-25-20-35(21-26-39)34-12-4-2-5-13-34)40-27-22-36(23-28-40)37-24-31-49-45(32-37)44-17-9-11-19-48(44)52-49;1-44(32-14-6-3-7-15-32)40-18-10-8-16-36(40)37-26-24-35(29-41(37)44)45(33-22-20-31(21-23-33)30-12-4-2-5-13-30)34-25-27-43-39(28-34)38-17-9-11-19-42(38)46-43/h2*2-33H,1H3;2-29H,1H3. The van der Waals surface area contributed by atoms with E-state index in [0.717, 1.165) is 123 Å². The molecule has 0 spiro atoms. The molecule has 0 fully saturated rings. The molecule has 0 bridgehead atoms. The number of fused-ring (bicyclic) bond motifs is 18. The Morgan fingerprint density at radius 1 is 0.167 bits per heavy atom. The Bertz CT molecular complexity index is 9580. The van der Waals surface area contributed by atoms with Gasteiger partial charge >= 0.3 is 0 Å². The smallest absolute Gasteiger partial charge is 0.159 e. The molecule has 0 amide bonds. The van der Waals surface area contributed by atoms with Crippen molar-refractivity contribution < 1.29 is 13.3 Å². The summed E-state index contributed by atoms with van der Waals surface area (Å²) in [5.74, 6) is 0. The van der Waals surface area contributed by atoms with E-state index in [1.807, 2.05) is 30.3 Å². The second-order valence-electron chi connectivity index (χ2n) is 39.9. The van der Waals surface area contributed by atoms with Crippen molar-refractivity contribution in [2.24, 2.45) is 0 Å². The SMILES string of the molecule is CC1(c2ccccc2)c2ccccc2-c2ccc(N(c3ccc(-c4ccccc4)cc3)c3ccc(-c4ccc5oc6ccccc6c5c4)cc3)cc21.CC1(c2ccccc2)c2ccccc2-c2ccc(N(c3ccc(-c4ccccc4)cc3)c3ccc4oc5ccccc5c4c3)cc21.Cc1ccc(C2(c3ccccc3)c3ccccc3-c3ccc(N(c4ccc(-c5ccccc5)cc4)c4cccc5c4oc4ccccc45)cc32)cc1. The first-order chi connectivity index (χ1) is 74.0. The van der Waals surface area contributed by atoms with E-state index in [2.05, 4.69) is 563 Å². The van der Waals surface area contributed by atoms with E-state index in [4.69, 9.17) is 13.3 Å². The fourth-order valence-corrected chi connectivity index (χ4v) is 24.2. The molecule has 710 valence electrons. The van der Waals surface area contributed by atoms with E-state index in [-0.39, 0.29) is 10.8 Å². The van der Waals surface area contributed by atoms with Crippen LogP contribution < -0.4 is 14.7 Å². The van der Waals surface area contributed by atoms with Crippen molar-refractivity contribution in [1.29, 1.82) is 0 Å². The molecule has 0 saturated heterocycles. The molecular weight excluding hydrogens is 1820 g/mol. The highest BCUT2D eigenvalue weighted by Crippen LogP contribution is 2.61. The molecule has 3 aliphatic rings. The molecule has 6 nitrogen and oxygen atoms in total. The van der Waals surface area contributed by atoms with Gasteiger partial charge in [0.25, 0.3) is 0 Å². The Balaban J connectivity index is 0.000000111. The van der Waals surface area contributed by atoms with Gasteiger partial charge in [0.15, 0.2) is 5.58 Å². The highest BCUT2D eigenvalue weighted by molar-refractivity contribution is 6.12. The zero-order valence-electron chi connectivity index (χ0n) is 83.2. The Morgan fingerprint density at radius 3 is 0.920 bits per heavy atom. The number of rotatable bonds is 17. The number of nitrogens with zero attached hydrogens (tertiary/aromatic N) is 3. The summed E-state index contributed by atoms with van der Waals surface area (Å²) in [6.45, 7) is 6.91. The number of furan rings is 3. The molecule has 26 aromatic rings. The van der Waals surface area contributed by atoms with Crippen LogP contribution in [0.3, 0.4) is 0 Å². The second-order valence-corrected chi connectivity index (χ2v) is 39.9. The van der Waals surface area contributed by atoms with Crippen LogP contribution in [0.15, 0.2) is 571 Å². The average Bonchev–Trinajstić information content (AvgIpc) is 1.53. The lowest BCUT2D eigenvalue weighted by Crippen LogP contribution is -2.28. The van der Waals surface area contributed by atoms with Gasteiger partial charge in [-0.15, -0.1) is 0 Å². The zero-order valence-corrected chi connectivity index (χ0v) is 83.2. The lowest BCUT2D eigenvalue weighted by Gasteiger charge is -2.35. The van der Waals surface area contributed by atoms with Gasteiger partial charge in [0.2, 0.25) is 0 Å². The van der Waals surface area contributed by atoms with E-state index < -0.39 is 5.41 Å². The summed E-state index contributed by atoms with van der Waals surface area (Å²) in [5, 5.41) is 6.73. The van der Waals surface area contributed by atoms with Crippen LogP contribution in [0.25, 0.3) is 144 Å². The van der Waals surface area contributed by atoms with Gasteiger partial charge in [0.05, 0.1) is 11.1 Å². The zero-order chi connectivity index (χ0) is 100.0. The van der Waals surface area contributed by atoms with Crippen LogP contribution >= 0.6 is 0 Å². The summed E-state index contributed by atoms with van der Waals surface area (Å²) in [6.07, 6.45) is 0. The first kappa shape index (κ1) is 89.7. The maximum absolute atomic E-state index is 6.69. The fraction of sp³-hybridized carbons (Fsp3) is 0.0417. The lowest BCUT2D eigenvalue weighted by molar-refractivity contribution is 0.668. The number of para-hydroxylation sites is 4. The number of hydrogen-bond acceptors (Lipinski definition) is 6. The lowest BCUT2D eigenvalue weighted by atomic mass is 9.67. The number of benzene rings is 23. The van der Waals surface area contributed by atoms with Gasteiger partial charge in [-0.2, -0.15) is 0 Å². The van der Waals surface area contributed by atoms with Crippen molar-refractivity contribution >= 4 is 117 Å². The van der Waals surface area contributed by atoms with Gasteiger partial charge in [0, 0.05) is 88.6 Å². The van der Waals surface area contributed by atoms with Crippen LogP contribution in [0.5, 0.6) is 0 Å². The molecule has 3 unspecified atom stereocenters. The Hall–Kier alpha value is -19.1. The molecule has 0 N–H and O–H groups in total. The molecule has 0 aliphatic heterocycles. The van der Waals surface area contributed by atoms with Crippen molar-refractivity contribution in [3.63, 3.8) is 0 Å². The van der Waals surface area contributed by atoms with Gasteiger partial charge in [-0.05, 0) is 294 Å². The minimum Gasteiger partial charge on any atom is -0.456 e. The average molecular weight is 1920 g/mol. The Kier molecular flexibility index (Phi) is 22.2. The van der Waals surface area contributed by atoms with Gasteiger partial charge in [-0.1, -0.05) is 424 Å². The summed E-state index contributed by atoms with van der Waals surface area (Å²) < 4.78 is 19.0. The highest BCUT2D eigenvalue weighted by Gasteiger charge is 2.48. The number of hydrogen-bond donors (Lipinski definition) is 0. The normalized spacial score (nSPS) is 14.8. The number of aryl methyl sites for hydroxylation is 1. The van der Waals surface area contributed by atoms with E-state index >= 15 is 0 Å². The summed E-state index contributed by atoms with van der Waals surface area (Å²) in [6, 6.07) is 202. The molecule has 23 aromatic carbocycles. The molecule has 29 rings (SSSR count). The highest BCUT2D eigenvalue weighted by atomic mass is 16.3. The topological polar surface area (TPSA) is 49.1 Å². The quantitative estimate of drug-likeness (QED) is 0.0905.